The van der Waals surface area contributed by atoms with Crippen molar-refractivity contribution in [2.45, 2.75) is 6.92 Å². The molecule has 0 saturated carbocycles. The molecule has 0 atom stereocenters. The highest BCUT2D eigenvalue weighted by molar-refractivity contribution is 6.35. The van der Waals surface area contributed by atoms with Crippen LogP contribution >= 0.6 is 23.2 Å². The number of nitrogens with zero attached hydrogens (tertiary/aromatic N) is 2. The van der Waals surface area contributed by atoms with Crippen molar-refractivity contribution < 1.29 is 4.79 Å². The van der Waals surface area contributed by atoms with Crippen LogP contribution in [0.4, 0.5) is 0 Å². The quantitative estimate of drug-likeness (QED) is 0.328. The van der Waals surface area contributed by atoms with Crippen LogP contribution in [0.3, 0.4) is 0 Å². The number of H-pyrrole nitrogens is 2. The second-order valence-corrected chi connectivity index (χ2v) is 7.04. The molecule has 4 rings (SSSR count). The third kappa shape index (κ3) is 3.52. The fraction of sp³-hybridized carbons (Fsp3) is 0.0500. The molecule has 0 fully saturated rings. The first-order chi connectivity index (χ1) is 13.5. The monoisotopic (exact) mass is 411 g/mol. The maximum atomic E-state index is 12.4. The Bertz CT molecular complexity index is 1210. The van der Waals surface area contributed by atoms with Crippen molar-refractivity contribution in [3.8, 4) is 11.3 Å². The Hall–Kier alpha value is -3.09. The summed E-state index contributed by atoms with van der Waals surface area (Å²) >= 11 is 12.2. The first-order valence-corrected chi connectivity index (χ1v) is 9.20. The van der Waals surface area contributed by atoms with Gasteiger partial charge in [0.2, 0.25) is 0 Å². The molecular formula is C20H15Cl2N5O. The summed E-state index contributed by atoms with van der Waals surface area (Å²) in [6, 6.07) is 14.6. The molecule has 3 N–H and O–H groups in total. The molecule has 0 radical (unpaired) electrons. The van der Waals surface area contributed by atoms with Crippen LogP contribution in [0.1, 0.15) is 21.7 Å². The number of aromatic nitrogens is 3. The molecule has 0 aliphatic rings. The van der Waals surface area contributed by atoms with E-state index in [1.165, 1.54) is 0 Å². The smallest absolute Gasteiger partial charge is 0.289 e. The van der Waals surface area contributed by atoms with Crippen molar-refractivity contribution in [2.75, 3.05) is 0 Å². The number of hydrogen-bond acceptors (Lipinski definition) is 3. The van der Waals surface area contributed by atoms with Gasteiger partial charge in [-0.25, -0.2) is 5.43 Å². The largest absolute Gasteiger partial charge is 0.358 e. The van der Waals surface area contributed by atoms with E-state index < -0.39 is 5.91 Å². The van der Waals surface area contributed by atoms with Gasteiger partial charge >= 0.3 is 0 Å². The summed E-state index contributed by atoms with van der Waals surface area (Å²) in [6.07, 6.45) is 1.62. The number of benzene rings is 2. The van der Waals surface area contributed by atoms with Crippen molar-refractivity contribution in [3.05, 3.63) is 75.5 Å². The van der Waals surface area contributed by atoms with Gasteiger partial charge in [-0.15, -0.1) is 0 Å². The van der Waals surface area contributed by atoms with Crippen LogP contribution in [0.5, 0.6) is 0 Å². The van der Waals surface area contributed by atoms with Crippen LogP contribution in [0.25, 0.3) is 22.2 Å². The highest BCUT2D eigenvalue weighted by atomic mass is 35.5. The number of carbonyl (C=O) groups excluding carboxylic acids is 1. The van der Waals surface area contributed by atoms with Gasteiger partial charge in [-0.2, -0.15) is 10.2 Å². The van der Waals surface area contributed by atoms with E-state index in [1.807, 2.05) is 31.2 Å². The summed E-state index contributed by atoms with van der Waals surface area (Å²) in [5.74, 6) is -0.411. The van der Waals surface area contributed by atoms with Gasteiger partial charge in [0.05, 0.1) is 16.9 Å². The summed E-state index contributed by atoms with van der Waals surface area (Å²) < 4.78 is 0. The van der Waals surface area contributed by atoms with Crippen LogP contribution in [-0.2, 0) is 0 Å². The van der Waals surface area contributed by atoms with Crippen molar-refractivity contribution in [1.82, 2.24) is 20.6 Å². The Labute approximate surface area is 170 Å². The van der Waals surface area contributed by atoms with Crippen molar-refractivity contribution in [1.29, 1.82) is 0 Å². The van der Waals surface area contributed by atoms with Crippen molar-refractivity contribution in [2.24, 2.45) is 5.10 Å². The summed E-state index contributed by atoms with van der Waals surface area (Å²) in [5, 5.41) is 13.0. The molecule has 0 bridgehead atoms. The van der Waals surface area contributed by atoms with E-state index in [9.17, 15) is 4.79 Å². The normalized spacial score (nSPS) is 11.4. The Morgan fingerprint density at radius 2 is 2.00 bits per heavy atom. The average molecular weight is 412 g/mol. The SMILES string of the molecule is Cc1[nH]c2ccccc2c1/C=N\NC(=O)c1cc(-c2cc(Cl)ccc2Cl)n[nH]1. The van der Waals surface area contributed by atoms with E-state index in [0.29, 0.717) is 21.3 Å². The number of carbonyl (C=O) groups is 1. The molecule has 4 aromatic rings. The third-order valence-electron chi connectivity index (χ3n) is 4.33. The molecule has 8 heteroatoms. The zero-order valence-electron chi connectivity index (χ0n) is 14.8. The average Bonchev–Trinajstić information content (AvgIpc) is 3.29. The Morgan fingerprint density at radius 3 is 2.86 bits per heavy atom. The summed E-state index contributed by atoms with van der Waals surface area (Å²) in [4.78, 5) is 15.6. The predicted molar refractivity (Wildman–Crippen MR) is 112 cm³/mol. The van der Waals surface area contributed by atoms with Gasteiger partial charge in [0.1, 0.15) is 5.69 Å². The fourth-order valence-electron chi connectivity index (χ4n) is 2.95. The van der Waals surface area contributed by atoms with E-state index in [4.69, 9.17) is 23.2 Å². The van der Waals surface area contributed by atoms with Gasteiger partial charge in [0.15, 0.2) is 0 Å². The Balaban J connectivity index is 1.51. The number of para-hydroxylation sites is 1. The van der Waals surface area contributed by atoms with Gasteiger partial charge < -0.3 is 4.98 Å². The molecule has 0 unspecified atom stereocenters. The highest BCUT2D eigenvalue weighted by Gasteiger charge is 2.13. The minimum atomic E-state index is -0.411. The number of hydrogen-bond donors (Lipinski definition) is 3. The molecule has 2 aromatic heterocycles. The summed E-state index contributed by atoms with van der Waals surface area (Å²) in [7, 11) is 0. The topological polar surface area (TPSA) is 85.9 Å². The van der Waals surface area contributed by atoms with Crippen LogP contribution < -0.4 is 5.43 Å². The lowest BCUT2D eigenvalue weighted by Gasteiger charge is -2.00. The predicted octanol–water partition coefficient (Wildman–Crippen LogP) is 4.94. The van der Waals surface area contributed by atoms with Crippen LogP contribution in [0.2, 0.25) is 10.0 Å². The minimum absolute atomic E-state index is 0.263. The first-order valence-electron chi connectivity index (χ1n) is 8.44. The molecule has 0 aliphatic carbocycles. The molecule has 0 saturated heterocycles. The second-order valence-electron chi connectivity index (χ2n) is 6.20. The Morgan fingerprint density at radius 1 is 1.18 bits per heavy atom. The molecule has 140 valence electrons. The third-order valence-corrected chi connectivity index (χ3v) is 4.89. The van der Waals surface area contributed by atoms with Gasteiger partial charge in [-0.1, -0.05) is 41.4 Å². The maximum absolute atomic E-state index is 12.4. The number of halogens is 2. The number of hydrazone groups is 1. The number of fused-ring (bicyclic) bond motifs is 1. The molecule has 2 heterocycles. The molecule has 2 aromatic carbocycles. The van der Waals surface area contributed by atoms with Crippen molar-refractivity contribution in [3.63, 3.8) is 0 Å². The fourth-order valence-corrected chi connectivity index (χ4v) is 3.34. The zero-order chi connectivity index (χ0) is 19.7. The summed E-state index contributed by atoms with van der Waals surface area (Å²) in [6.45, 7) is 1.96. The van der Waals surface area contributed by atoms with E-state index >= 15 is 0 Å². The van der Waals surface area contributed by atoms with Gasteiger partial charge in [0.25, 0.3) is 5.91 Å². The lowest BCUT2D eigenvalue weighted by Crippen LogP contribution is -2.18. The molecule has 28 heavy (non-hydrogen) atoms. The number of rotatable bonds is 4. The second kappa shape index (κ2) is 7.50. The van der Waals surface area contributed by atoms with E-state index in [-0.39, 0.29) is 5.69 Å². The van der Waals surface area contributed by atoms with Gasteiger partial charge in [0, 0.05) is 32.7 Å². The lowest BCUT2D eigenvalue weighted by atomic mass is 10.1. The number of aromatic amines is 2. The summed E-state index contributed by atoms with van der Waals surface area (Å²) in [5.41, 5.74) is 6.84. The van der Waals surface area contributed by atoms with Crippen LogP contribution in [-0.4, -0.2) is 27.3 Å². The molecule has 0 spiro atoms. The molecule has 0 aliphatic heterocycles. The minimum Gasteiger partial charge on any atom is -0.358 e. The maximum Gasteiger partial charge on any atom is 0.289 e. The lowest BCUT2D eigenvalue weighted by molar-refractivity contribution is 0.0950. The van der Waals surface area contributed by atoms with E-state index in [2.05, 4.69) is 25.7 Å². The van der Waals surface area contributed by atoms with Crippen molar-refractivity contribution >= 4 is 46.2 Å². The Kier molecular flexibility index (Phi) is 4.90. The van der Waals surface area contributed by atoms with Gasteiger partial charge in [-0.05, 0) is 37.3 Å². The van der Waals surface area contributed by atoms with E-state index in [1.54, 1.807) is 30.5 Å². The first kappa shape index (κ1) is 18.3. The standard InChI is InChI=1S/C20H15Cl2N5O/c1-11-15(13-4-2-3-5-17(13)24-11)10-23-27-20(28)19-9-18(25-26-19)14-8-12(21)6-7-16(14)22/h2-10,24H,1H3,(H,25,26)(H,27,28)/b23-10-. The molecular weight excluding hydrogens is 397 g/mol. The van der Waals surface area contributed by atoms with Crippen LogP contribution in [0.15, 0.2) is 53.6 Å². The van der Waals surface area contributed by atoms with E-state index in [0.717, 1.165) is 22.2 Å². The number of nitrogens with one attached hydrogen (secondary N) is 3. The zero-order valence-corrected chi connectivity index (χ0v) is 16.3. The molecule has 6 nitrogen and oxygen atoms in total. The van der Waals surface area contributed by atoms with Gasteiger partial charge in [-0.3, -0.25) is 9.89 Å². The number of amides is 1. The molecule has 1 amide bonds. The number of aryl methyl sites for hydroxylation is 1. The highest BCUT2D eigenvalue weighted by Crippen LogP contribution is 2.29. The van der Waals surface area contributed by atoms with Crippen LogP contribution in [0, 0.1) is 6.92 Å².